The number of nitrogens with one attached hydrogen (secondary N) is 1. The summed E-state index contributed by atoms with van der Waals surface area (Å²) >= 11 is 3.40. The lowest BCUT2D eigenvalue weighted by molar-refractivity contribution is -0.116. The summed E-state index contributed by atoms with van der Waals surface area (Å²) in [5.74, 6) is 0.649. The zero-order valence-electron chi connectivity index (χ0n) is 15.0. The molecule has 1 heterocycles. The molecule has 1 amide bonds. The van der Waals surface area contributed by atoms with Crippen molar-refractivity contribution in [3.63, 3.8) is 0 Å². The molecule has 0 saturated heterocycles. The first-order chi connectivity index (χ1) is 13.7. The molecule has 4 nitrogen and oxygen atoms in total. The van der Waals surface area contributed by atoms with Gasteiger partial charge in [-0.2, -0.15) is 0 Å². The minimum absolute atomic E-state index is 0.0974. The SMILES string of the molecule is O=C(Cn1c(/C=C/c2ccccc2)nc2ccccc21)Nc1ccc(Br)cc1. The van der Waals surface area contributed by atoms with Crippen LogP contribution in [0.5, 0.6) is 0 Å². The molecule has 3 aromatic carbocycles. The second-order valence-corrected chi connectivity index (χ2v) is 7.26. The number of hydrogen-bond acceptors (Lipinski definition) is 2. The number of carbonyl (C=O) groups is 1. The maximum Gasteiger partial charge on any atom is 0.244 e. The van der Waals surface area contributed by atoms with Gasteiger partial charge in [0.25, 0.3) is 0 Å². The number of benzene rings is 3. The molecular weight excluding hydrogens is 414 g/mol. The summed E-state index contributed by atoms with van der Waals surface area (Å²) in [5.41, 5.74) is 3.65. The molecule has 0 aliphatic carbocycles. The van der Waals surface area contributed by atoms with E-state index < -0.39 is 0 Å². The maximum absolute atomic E-state index is 12.6. The van der Waals surface area contributed by atoms with Gasteiger partial charge in [0.15, 0.2) is 0 Å². The summed E-state index contributed by atoms with van der Waals surface area (Å²) < 4.78 is 2.91. The molecule has 0 bridgehead atoms. The van der Waals surface area contributed by atoms with Gasteiger partial charge in [0.1, 0.15) is 12.4 Å². The van der Waals surface area contributed by atoms with Gasteiger partial charge in [-0.25, -0.2) is 4.98 Å². The first-order valence-corrected chi connectivity index (χ1v) is 9.72. The third-order valence-electron chi connectivity index (χ3n) is 4.34. The number of nitrogens with zero attached hydrogens (tertiary/aromatic N) is 2. The van der Waals surface area contributed by atoms with Crippen molar-refractivity contribution in [2.45, 2.75) is 6.54 Å². The fourth-order valence-corrected chi connectivity index (χ4v) is 3.26. The fourth-order valence-electron chi connectivity index (χ4n) is 3.00. The van der Waals surface area contributed by atoms with Crippen LogP contribution in [0.1, 0.15) is 11.4 Å². The summed E-state index contributed by atoms with van der Waals surface area (Å²) in [5, 5.41) is 2.94. The molecule has 0 atom stereocenters. The molecular formula is C23H18BrN3O. The van der Waals surface area contributed by atoms with Gasteiger partial charge in [0, 0.05) is 10.2 Å². The van der Waals surface area contributed by atoms with Gasteiger partial charge in [-0.15, -0.1) is 0 Å². The van der Waals surface area contributed by atoms with Crippen LogP contribution in [-0.4, -0.2) is 15.5 Å². The second-order valence-electron chi connectivity index (χ2n) is 6.34. The molecule has 138 valence electrons. The minimum Gasteiger partial charge on any atom is -0.325 e. The van der Waals surface area contributed by atoms with Crippen LogP contribution in [0.4, 0.5) is 5.69 Å². The predicted molar refractivity (Wildman–Crippen MR) is 118 cm³/mol. The predicted octanol–water partition coefficient (Wildman–Crippen LogP) is 5.61. The molecule has 1 aromatic heterocycles. The summed E-state index contributed by atoms with van der Waals surface area (Å²) in [4.78, 5) is 17.3. The molecule has 0 saturated carbocycles. The Balaban J connectivity index is 1.62. The molecule has 0 aliphatic heterocycles. The number of aromatic nitrogens is 2. The van der Waals surface area contributed by atoms with Gasteiger partial charge >= 0.3 is 0 Å². The molecule has 4 aromatic rings. The highest BCUT2D eigenvalue weighted by molar-refractivity contribution is 9.10. The summed E-state index contributed by atoms with van der Waals surface area (Å²) in [6, 6.07) is 25.4. The van der Waals surface area contributed by atoms with E-state index in [9.17, 15) is 4.79 Å². The van der Waals surface area contributed by atoms with Crippen molar-refractivity contribution < 1.29 is 4.79 Å². The number of hydrogen-bond donors (Lipinski definition) is 1. The summed E-state index contributed by atoms with van der Waals surface area (Å²) in [6.45, 7) is 0.186. The number of rotatable bonds is 5. The highest BCUT2D eigenvalue weighted by Crippen LogP contribution is 2.19. The molecule has 0 aliphatic rings. The molecule has 0 fully saturated rings. The monoisotopic (exact) mass is 431 g/mol. The summed E-state index contributed by atoms with van der Waals surface area (Å²) in [7, 11) is 0. The van der Waals surface area contributed by atoms with Crippen LogP contribution in [0.3, 0.4) is 0 Å². The number of para-hydroxylation sites is 2. The maximum atomic E-state index is 12.6. The Hall–Kier alpha value is -3.18. The highest BCUT2D eigenvalue weighted by Gasteiger charge is 2.12. The normalized spacial score (nSPS) is 11.2. The van der Waals surface area contributed by atoms with Gasteiger partial charge in [-0.1, -0.05) is 64.5 Å². The Bertz CT molecular complexity index is 1130. The summed E-state index contributed by atoms with van der Waals surface area (Å²) in [6.07, 6.45) is 3.95. The zero-order valence-corrected chi connectivity index (χ0v) is 16.6. The van der Waals surface area contributed by atoms with Crippen LogP contribution in [-0.2, 0) is 11.3 Å². The lowest BCUT2D eigenvalue weighted by Gasteiger charge is -2.09. The lowest BCUT2D eigenvalue weighted by Crippen LogP contribution is -2.19. The van der Waals surface area contributed by atoms with E-state index in [1.54, 1.807) is 0 Å². The van der Waals surface area contributed by atoms with E-state index in [4.69, 9.17) is 0 Å². The Morgan fingerprint density at radius 3 is 2.43 bits per heavy atom. The molecule has 4 rings (SSSR count). The molecule has 0 spiro atoms. The average molecular weight is 432 g/mol. The first-order valence-electron chi connectivity index (χ1n) is 8.93. The Labute approximate surface area is 171 Å². The van der Waals surface area contributed by atoms with E-state index in [0.717, 1.165) is 32.6 Å². The van der Waals surface area contributed by atoms with Gasteiger partial charge < -0.3 is 9.88 Å². The standard InChI is InChI=1S/C23H18BrN3O/c24-18-11-13-19(14-12-18)25-23(28)16-27-21-9-5-4-8-20(21)26-22(27)15-10-17-6-2-1-3-7-17/h1-15H,16H2,(H,25,28)/b15-10+. The van der Waals surface area contributed by atoms with Gasteiger partial charge in [0.05, 0.1) is 11.0 Å². The highest BCUT2D eigenvalue weighted by atomic mass is 79.9. The van der Waals surface area contributed by atoms with Crippen LogP contribution in [0.25, 0.3) is 23.2 Å². The first kappa shape index (κ1) is 18.2. The molecule has 0 unspecified atom stereocenters. The van der Waals surface area contributed by atoms with E-state index in [1.807, 2.05) is 95.6 Å². The third kappa shape index (κ3) is 4.21. The molecule has 1 N–H and O–H groups in total. The molecule has 0 radical (unpaired) electrons. The topological polar surface area (TPSA) is 46.9 Å². The smallest absolute Gasteiger partial charge is 0.244 e. The number of amides is 1. The van der Waals surface area contributed by atoms with Crippen molar-refractivity contribution in [2.24, 2.45) is 0 Å². The van der Waals surface area contributed by atoms with Crippen molar-refractivity contribution >= 4 is 50.7 Å². The molecule has 28 heavy (non-hydrogen) atoms. The van der Waals surface area contributed by atoms with Crippen molar-refractivity contribution in [3.8, 4) is 0 Å². The quantitative estimate of drug-likeness (QED) is 0.446. The minimum atomic E-state index is -0.0974. The Kier molecular flexibility index (Phi) is 5.35. The van der Waals surface area contributed by atoms with E-state index in [1.165, 1.54) is 0 Å². The number of fused-ring (bicyclic) bond motifs is 1. The number of anilines is 1. The van der Waals surface area contributed by atoms with E-state index >= 15 is 0 Å². The van der Waals surface area contributed by atoms with Crippen LogP contribution < -0.4 is 5.32 Å². The van der Waals surface area contributed by atoms with Crippen LogP contribution in [0.2, 0.25) is 0 Å². The largest absolute Gasteiger partial charge is 0.325 e. The Morgan fingerprint density at radius 2 is 1.64 bits per heavy atom. The fraction of sp³-hybridized carbons (Fsp3) is 0.0435. The van der Waals surface area contributed by atoms with Gasteiger partial charge in [0.2, 0.25) is 5.91 Å². The van der Waals surface area contributed by atoms with Crippen molar-refractivity contribution in [1.29, 1.82) is 0 Å². The number of carbonyl (C=O) groups excluding carboxylic acids is 1. The Morgan fingerprint density at radius 1 is 0.929 bits per heavy atom. The third-order valence-corrected chi connectivity index (χ3v) is 4.87. The number of halogens is 1. The zero-order chi connectivity index (χ0) is 19.3. The lowest BCUT2D eigenvalue weighted by atomic mass is 10.2. The van der Waals surface area contributed by atoms with Crippen molar-refractivity contribution in [2.75, 3.05) is 5.32 Å². The van der Waals surface area contributed by atoms with E-state index in [2.05, 4.69) is 26.2 Å². The van der Waals surface area contributed by atoms with Crippen molar-refractivity contribution in [1.82, 2.24) is 9.55 Å². The van der Waals surface area contributed by atoms with Gasteiger partial charge in [-0.05, 0) is 48.0 Å². The van der Waals surface area contributed by atoms with Crippen LogP contribution in [0.15, 0.2) is 83.3 Å². The average Bonchev–Trinajstić information content (AvgIpc) is 3.06. The van der Waals surface area contributed by atoms with Gasteiger partial charge in [-0.3, -0.25) is 4.79 Å². The number of imidazole rings is 1. The second kappa shape index (κ2) is 8.23. The van der Waals surface area contributed by atoms with Crippen LogP contribution >= 0.6 is 15.9 Å². The van der Waals surface area contributed by atoms with Crippen LogP contribution in [0, 0.1) is 0 Å². The molecule has 5 heteroatoms. The van der Waals surface area contributed by atoms with E-state index in [-0.39, 0.29) is 12.5 Å². The van der Waals surface area contributed by atoms with E-state index in [0.29, 0.717) is 0 Å². The van der Waals surface area contributed by atoms with Crippen molar-refractivity contribution in [3.05, 3.63) is 94.7 Å².